The molecule has 0 bridgehead atoms. The van der Waals surface area contributed by atoms with E-state index in [1.165, 1.54) is 0 Å². The Morgan fingerprint density at radius 3 is 2.53 bits per heavy atom. The van der Waals surface area contributed by atoms with Gasteiger partial charge in [0, 0.05) is 28.8 Å². The zero-order valence-electron chi connectivity index (χ0n) is 18.4. The summed E-state index contributed by atoms with van der Waals surface area (Å²) in [5.74, 6) is 1.59. The van der Waals surface area contributed by atoms with Crippen LogP contribution in [0.25, 0.3) is 11.0 Å². The molecule has 3 rings (SSSR count). The van der Waals surface area contributed by atoms with Crippen LogP contribution in [0.5, 0.6) is 5.75 Å². The molecule has 0 atom stereocenters. The summed E-state index contributed by atoms with van der Waals surface area (Å²) in [7, 11) is 0. The first kappa shape index (κ1) is 22.2. The minimum absolute atomic E-state index is 0.166. The van der Waals surface area contributed by atoms with E-state index in [1.54, 1.807) is 0 Å². The van der Waals surface area contributed by atoms with Gasteiger partial charge in [0.25, 0.3) is 0 Å². The van der Waals surface area contributed by atoms with Crippen LogP contribution in [0.1, 0.15) is 53.8 Å². The number of halogens is 1. The van der Waals surface area contributed by atoms with E-state index in [1.807, 2.05) is 45.0 Å². The number of benzene rings is 2. The SMILES string of the molecule is CCOC(=O)CCc1ccc(OCc2c(C)c(Cl)cc3cc(CC)oc23)c(C)c1C. The van der Waals surface area contributed by atoms with Gasteiger partial charge in [0.05, 0.1) is 6.61 Å². The molecule has 160 valence electrons. The molecule has 1 aromatic heterocycles. The van der Waals surface area contributed by atoms with E-state index in [-0.39, 0.29) is 5.97 Å². The Hall–Kier alpha value is -2.46. The van der Waals surface area contributed by atoms with Crippen molar-refractivity contribution in [2.75, 3.05) is 6.61 Å². The van der Waals surface area contributed by atoms with Gasteiger partial charge in [0.2, 0.25) is 0 Å². The topological polar surface area (TPSA) is 48.7 Å². The molecule has 0 radical (unpaired) electrons. The average Bonchev–Trinajstić information content (AvgIpc) is 3.13. The highest BCUT2D eigenvalue weighted by Gasteiger charge is 2.16. The molecule has 0 aliphatic carbocycles. The summed E-state index contributed by atoms with van der Waals surface area (Å²) in [4.78, 5) is 11.7. The minimum atomic E-state index is -0.166. The normalized spacial score (nSPS) is 11.1. The third-order valence-corrected chi connectivity index (χ3v) is 6.05. The van der Waals surface area contributed by atoms with Gasteiger partial charge in [-0.15, -0.1) is 0 Å². The van der Waals surface area contributed by atoms with Crippen LogP contribution in [-0.4, -0.2) is 12.6 Å². The van der Waals surface area contributed by atoms with Gasteiger partial charge in [-0.1, -0.05) is 24.6 Å². The first-order valence-corrected chi connectivity index (χ1v) is 10.8. The fourth-order valence-corrected chi connectivity index (χ4v) is 3.84. The molecule has 3 aromatic rings. The van der Waals surface area contributed by atoms with E-state index in [2.05, 4.69) is 13.8 Å². The summed E-state index contributed by atoms with van der Waals surface area (Å²) in [6.45, 7) is 10.8. The van der Waals surface area contributed by atoms with Crippen LogP contribution in [-0.2, 0) is 29.0 Å². The molecule has 5 heteroatoms. The molecule has 0 spiro atoms. The third kappa shape index (κ3) is 4.65. The van der Waals surface area contributed by atoms with Crippen LogP contribution < -0.4 is 4.74 Å². The lowest BCUT2D eigenvalue weighted by Crippen LogP contribution is -2.07. The quantitative estimate of drug-likeness (QED) is 0.377. The minimum Gasteiger partial charge on any atom is -0.488 e. The molecule has 0 saturated carbocycles. The first-order valence-electron chi connectivity index (χ1n) is 10.4. The van der Waals surface area contributed by atoms with E-state index >= 15 is 0 Å². The van der Waals surface area contributed by atoms with E-state index < -0.39 is 0 Å². The lowest BCUT2D eigenvalue weighted by Gasteiger charge is -2.16. The number of rotatable bonds is 8. The van der Waals surface area contributed by atoms with E-state index in [0.29, 0.717) is 31.1 Å². The number of fused-ring (bicyclic) bond motifs is 1. The monoisotopic (exact) mass is 428 g/mol. The Labute approximate surface area is 183 Å². The molecule has 4 nitrogen and oxygen atoms in total. The molecule has 0 aliphatic rings. The standard InChI is InChI=1S/C25H29ClO4/c1-6-20-12-19-13-22(26)17(5)21(25(19)30-20)14-29-23-10-8-18(15(3)16(23)4)9-11-24(27)28-7-2/h8,10,12-13H,6-7,9,11,14H2,1-5H3. The van der Waals surface area contributed by atoms with Gasteiger partial charge in [-0.3, -0.25) is 4.79 Å². The number of aryl methyl sites for hydroxylation is 2. The zero-order valence-corrected chi connectivity index (χ0v) is 19.1. The van der Waals surface area contributed by atoms with Gasteiger partial charge < -0.3 is 13.9 Å². The van der Waals surface area contributed by atoms with Crippen molar-refractivity contribution in [3.63, 3.8) is 0 Å². The zero-order chi connectivity index (χ0) is 21.8. The van der Waals surface area contributed by atoms with Crippen molar-refractivity contribution in [2.24, 2.45) is 0 Å². The van der Waals surface area contributed by atoms with Crippen molar-refractivity contribution in [1.29, 1.82) is 0 Å². The Morgan fingerprint density at radius 1 is 1.07 bits per heavy atom. The van der Waals surface area contributed by atoms with Crippen molar-refractivity contribution in [2.45, 2.75) is 60.5 Å². The largest absolute Gasteiger partial charge is 0.488 e. The Bertz CT molecular complexity index is 1060. The Balaban J connectivity index is 1.81. The Kier molecular flexibility index (Phi) is 7.09. The van der Waals surface area contributed by atoms with Crippen LogP contribution in [0.3, 0.4) is 0 Å². The van der Waals surface area contributed by atoms with Crippen molar-refractivity contribution >= 4 is 28.5 Å². The number of hydrogen-bond donors (Lipinski definition) is 0. The highest BCUT2D eigenvalue weighted by atomic mass is 35.5. The maximum Gasteiger partial charge on any atom is 0.306 e. The number of furan rings is 1. The lowest BCUT2D eigenvalue weighted by molar-refractivity contribution is -0.143. The predicted octanol–water partition coefficient (Wildman–Crippen LogP) is 6.65. The number of carbonyl (C=O) groups excluding carboxylic acids is 1. The van der Waals surface area contributed by atoms with Gasteiger partial charge in [-0.25, -0.2) is 0 Å². The average molecular weight is 429 g/mol. The van der Waals surface area contributed by atoms with Crippen molar-refractivity contribution in [1.82, 2.24) is 0 Å². The van der Waals surface area contributed by atoms with Crippen molar-refractivity contribution in [3.05, 3.63) is 62.9 Å². The van der Waals surface area contributed by atoms with Gasteiger partial charge in [-0.2, -0.15) is 0 Å². The Morgan fingerprint density at radius 2 is 1.83 bits per heavy atom. The fraction of sp³-hybridized carbons (Fsp3) is 0.400. The molecule has 2 aromatic carbocycles. The van der Waals surface area contributed by atoms with Gasteiger partial charge in [0.15, 0.2) is 0 Å². The molecule has 0 amide bonds. The molecular weight excluding hydrogens is 400 g/mol. The van der Waals surface area contributed by atoms with Crippen LogP contribution >= 0.6 is 11.6 Å². The van der Waals surface area contributed by atoms with Crippen LogP contribution in [0.4, 0.5) is 0 Å². The maximum atomic E-state index is 11.7. The summed E-state index contributed by atoms with van der Waals surface area (Å²) < 4.78 is 17.3. The lowest BCUT2D eigenvalue weighted by atomic mass is 9.99. The molecule has 0 aliphatic heterocycles. The van der Waals surface area contributed by atoms with E-state index in [4.69, 9.17) is 25.5 Å². The molecular formula is C25H29ClO4. The van der Waals surface area contributed by atoms with Crippen LogP contribution in [0, 0.1) is 20.8 Å². The third-order valence-electron chi connectivity index (χ3n) is 5.65. The van der Waals surface area contributed by atoms with E-state index in [9.17, 15) is 4.79 Å². The van der Waals surface area contributed by atoms with Gasteiger partial charge >= 0.3 is 5.97 Å². The van der Waals surface area contributed by atoms with Crippen molar-refractivity contribution in [3.8, 4) is 5.75 Å². The molecule has 1 heterocycles. The smallest absolute Gasteiger partial charge is 0.306 e. The van der Waals surface area contributed by atoms with Gasteiger partial charge in [0.1, 0.15) is 23.7 Å². The number of esters is 1. The summed E-state index contributed by atoms with van der Waals surface area (Å²) in [6, 6.07) is 7.99. The highest BCUT2D eigenvalue weighted by Crippen LogP contribution is 2.33. The highest BCUT2D eigenvalue weighted by molar-refractivity contribution is 6.32. The first-order chi connectivity index (χ1) is 14.3. The summed E-state index contributed by atoms with van der Waals surface area (Å²) >= 11 is 6.45. The summed E-state index contributed by atoms with van der Waals surface area (Å²) in [5, 5.41) is 1.72. The second-order valence-electron chi connectivity index (χ2n) is 7.51. The molecule has 30 heavy (non-hydrogen) atoms. The maximum absolute atomic E-state index is 11.7. The fourth-order valence-electron chi connectivity index (χ4n) is 3.61. The predicted molar refractivity (Wildman–Crippen MR) is 121 cm³/mol. The number of carbonyl (C=O) groups is 1. The number of hydrogen-bond acceptors (Lipinski definition) is 4. The van der Waals surface area contributed by atoms with Gasteiger partial charge in [-0.05, 0) is 74.6 Å². The molecule has 0 fully saturated rings. The van der Waals surface area contributed by atoms with Crippen LogP contribution in [0.15, 0.2) is 28.7 Å². The summed E-state index contributed by atoms with van der Waals surface area (Å²) in [6.07, 6.45) is 1.87. The van der Waals surface area contributed by atoms with Crippen molar-refractivity contribution < 1.29 is 18.7 Å². The molecule has 0 saturated heterocycles. The second kappa shape index (κ2) is 9.57. The van der Waals surface area contributed by atoms with Crippen LogP contribution in [0.2, 0.25) is 5.02 Å². The van der Waals surface area contributed by atoms with E-state index in [0.717, 1.165) is 56.7 Å². The summed E-state index contributed by atoms with van der Waals surface area (Å²) in [5.41, 5.74) is 6.13. The molecule has 0 N–H and O–H groups in total. The molecule has 0 unspecified atom stereocenters. The number of ether oxygens (including phenoxy) is 2. The second-order valence-corrected chi connectivity index (χ2v) is 7.92.